The van der Waals surface area contributed by atoms with E-state index in [0.29, 0.717) is 12.8 Å². The minimum Gasteiger partial charge on any atom is -0.273 e. The Morgan fingerprint density at radius 2 is 1.91 bits per heavy atom. The van der Waals surface area contributed by atoms with Crippen LogP contribution in [-0.4, -0.2) is 18.3 Å². The summed E-state index contributed by atoms with van der Waals surface area (Å²) in [4.78, 5) is 11.8. The molecule has 0 radical (unpaired) electrons. The van der Waals surface area contributed by atoms with Crippen molar-refractivity contribution in [2.24, 2.45) is 28.8 Å². The Labute approximate surface area is 133 Å². The van der Waals surface area contributed by atoms with Gasteiger partial charge in [0.15, 0.2) is 0 Å². The third kappa shape index (κ3) is 3.74. The Hall–Kier alpha value is -1.85. The highest BCUT2D eigenvalue weighted by Crippen LogP contribution is 2.56. The van der Waals surface area contributed by atoms with Crippen LogP contribution in [0, 0.1) is 23.7 Å². The molecule has 0 spiro atoms. The number of fused-ring (bicyclic) bond motifs is 2. The lowest BCUT2D eigenvalue weighted by Crippen LogP contribution is -2.31. The zero-order valence-electron chi connectivity index (χ0n) is 12.6. The largest absolute Gasteiger partial charge is 0.392 e. The monoisotopic (exact) mass is 324 g/mol. The van der Waals surface area contributed by atoms with E-state index >= 15 is 0 Å². The van der Waals surface area contributed by atoms with E-state index in [1.54, 1.807) is 6.21 Å². The van der Waals surface area contributed by atoms with Crippen molar-refractivity contribution in [2.75, 3.05) is 0 Å². The maximum atomic E-state index is 12.8. The summed E-state index contributed by atoms with van der Waals surface area (Å²) in [6.45, 7) is 0. The van der Waals surface area contributed by atoms with Crippen LogP contribution in [-0.2, 0) is 11.2 Å². The molecule has 0 aliphatic heterocycles. The maximum Gasteiger partial charge on any atom is 0.392 e. The Balaban J connectivity index is 1.47. The second-order valence-corrected chi connectivity index (χ2v) is 6.51. The van der Waals surface area contributed by atoms with Crippen molar-refractivity contribution >= 4 is 12.1 Å². The van der Waals surface area contributed by atoms with Gasteiger partial charge in [-0.15, -0.1) is 0 Å². The van der Waals surface area contributed by atoms with Crippen molar-refractivity contribution in [2.45, 2.75) is 31.9 Å². The summed E-state index contributed by atoms with van der Waals surface area (Å²) < 4.78 is 38.5. The van der Waals surface area contributed by atoms with Gasteiger partial charge in [0.05, 0.1) is 12.3 Å². The maximum absolute atomic E-state index is 12.8. The molecule has 2 fully saturated rings. The molecule has 0 saturated heterocycles. The van der Waals surface area contributed by atoms with Crippen molar-refractivity contribution in [1.29, 1.82) is 0 Å². The molecule has 0 heterocycles. The first-order valence-electron chi connectivity index (χ1n) is 7.86. The lowest BCUT2D eigenvalue weighted by molar-refractivity contribution is -0.187. The number of nitrogens with one attached hydrogen (secondary N) is 1. The first kappa shape index (κ1) is 16.0. The molecular formula is C17H19F3N2O. The first-order valence-corrected chi connectivity index (χ1v) is 7.86. The summed E-state index contributed by atoms with van der Waals surface area (Å²) in [5.41, 5.74) is 3.36. The summed E-state index contributed by atoms with van der Waals surface area (Å²) in [7, 11) is 0. The highest BCUT2D eigenvalue weighted by atomic mass is 19.4. The molecule has 3 nitrogen and oxygen atoms in total. The van der Waals surface area contributed by atoms with Crippen molar-refractivity contribution < 1.29 is 18.0 Å². The molecule has 0 aromatic heterocycles. The molecule has 4 atom stereocenters. The van der Waals surface area contributed by atoms with Crippen molar-refractivity contribution in [3.63, 3.8) is 0 Å². The third-order valence-corrected chi connectivity index (χ3v) is 4.99. The molecule has 2 bridgehead atoms. The zero-order chi connectivity index (χ0) is 16.4. The minimum atomic E-state index is -4.08. The number of hydrazone groups is 1. The van der Waals surface area contributed by atoms with Crippen LogP contribution in [0.2, 0.25) is 0 Å². The molecule has 2 aliphatic rings. The molecule has 0 unspecified atom stereocenters. The Kier molecular flexibility index (Phi) is 4.41. The van der Waals surface area contributed by atoms with E-state index in [1.807, 2.05) is 30.3 Å². The summed E-state index contributed by atoms with van der Waals surface area (Å²) in [5.74, 6) is -1.55. The second-order valence-electron chi connectivity index (χ2n) is 6.51. The highest BCUT2D eigenvalue weighted by molar-refractivity contribution is 5.79. The van der Waals surface area contributed by atoms with Gasteiger partial charge in [0.1, 0.15) is 0 Å². The van der Waals surface area contributed by atoms with Crippen LogP contribution in [0.4, 0.5) is 13.2 Å². The lowest BCUT2D eigenvalue weighted by Gasteiger charge is -2.27. The standard InChI is InChI=1S/C17H19F3N2O/c18-17(19,20)15-9-12-7-13(15)8-14(12)10-21-22-16(23)6-11-4-2-1-3-5-11/h1-5,10,12-15H,6-9H2,(H,22,23)/b21-10-/t12-,13+,14-,15+/m0/s1. The highest BCUT2D eigenvalue weighted by Gasteiger charge is 2.55. The number of amides is 1. The molecule has 1 aromatic rings. The number of carbonyl (C=O) groups excluding carboxylic acids is 1. The SMILES string of the molecule is O=C(Cc1ccccc1)N/N=C\[C@@H]1C[C@H]2C[C@H]1C[C@H]2C(F)(F)F. The molecule has 2 saturated carbocycles. The van der Waals surface area contributed by atoms with Crippen molar-refractivity contribution in [1.82, 2.24) is 5.43 Å². The molecular weight excluding hydrogens is 305 g/mol. The van der Waals surface area contributed by atoms with Crippen LogP contribution in [0.1, 0.15) is 24.8 Å². The quantitative estimate of drug-likeness (QED) is 0.668. The van der Waals surface area contributed by atoms with Gasteiger partial charge in [-0.1, -0.05) is 30.3 Å². The number of rotatable bonds is 4. The summed E-state index contributed by atoms with van der Waals surface area (Å²) in [6, 6.07) is 9.31. The van der Waals surface area contributed by atoms with E-state index in [9.17, 15) is 18.0 Å². The van der Waals surface area contributed by atoms with Gasteiger partial charge in [0.25, 0.3) is 0 Å². The lowest BCUT2D eigenvalue weighted by atomic mass is 9.82. The predicted molar refractivity (Wildman–Crippen MR) is 80.6 cm³/mol. The van der Waals surface area contributed by atoms with Gasteiger partial charge >= 0.3 is 6.18 Å². The molecule has 1 aromatic carbocycles. The number of carbonyl (C=O) groups is 1. The van der Waals surface area contributed by atoms with Gasteiger partial charge in [-0.2, -0.15) is 18.3 Å². The smallest absolute Gasteiger partial charge is 0.273 e. The minimum absolute atomic E-state index is 0.0430. The molecule has 1 N–H and O–H groups in total. The Bertz CT molecular complexity index is 585. The number of alkyl halides is 3. The van der Waals surface area contributed by atoms with Gasteiger partial charge in [0, 0.05) is 6.21 Å². The van der Waals surface area contributed by atoms with E-state index in [4.69, 9.17) is 0 Å². The summed E-state index contributed by atoms with van der Waals surface area (Å²) in [6.07, 6.45) is -0.870. The normalized spacial score (nSPS) is 30.0. The fourth-order valence-corrected chi connectivity index (χ4v) is 3.93. The second kappa shape index (κ2) is 6.34. The third-order valence-electron chi connectivity index (χ3n) is 4.99. The Morgan fingerprint density at radius 1 is 1.17 bits per heavy atom. The molecule has 2 aliphatic carbocycles. The van der Waals surface area contributed by atoms with Gasteiger partial charge in [0.2, 0.25) is 5.91 Å². The molecule has 124 valence electrons. The molecule has 6 heteroatoms. The number of hydrogen-bond acceptors (Lipinski definition) is 2. The number of hydrogen-bond donors (Lipinski definition) is 1. The molecule has 1 amide bonds. The zero-order valence-corrected chi connectivity index (χ0v) is 12.6. The number of benzene rings is 1. The fraction of sp³-hybridized carbons (Fsp3) is 0.529. The molecule has 3 rings (SSSR count). The molecule has 23 heavy (non-hydrogen) atoms. The topological polar surface area (TPSA) is 41.5 Å². The van der Waals surface area contributed by atoms with Gasteiger partial charge in [-0.05, 0) is 42.6 Å². The van der Waals surface area contributed by atoms with Crippen LogP contribution >= 0.6 is 0 Å². The summed E-state index contributed by atoms with van der Waals surface area (Å²) >= 11 is 0. The first-order chi connectivity index (χ1) is 10.9. The van der Waals surface area contributed by atoms with Crippen LogP contribution in [0.15, 0.2) is 35.4 Å². The van der Waals surface area contributed by atoms with Gasteiger partial charge in [-0.25, -0.2) is 5.43 Å². The van der Waals surface area contributed by atoms with Gasteiger partial charge < -0.3 is 0 Å². The van der Waals surface area contributed by atoms with E-state index in [-0.39, 0.29) is 36.5 Å². The van der Waals surface area contributed by atoms with Crippen molar-refractivity contribution in [3.8, 4) is 0 Å². The fourth-order valence-electron chi connectivity index (χ4n) is 3.93. The average molecular weight is 324 g/mol. The van der Waals surface area contributed by atoms with Gasteiger partial charge in [-0.3, -0.25) is 4.79 Å². The van der Waals surface area contributed by atoms with E-state index in [0.717, 1.165) is 5.56 Å². The summed E-state index contributed by atoms with van der Waals surface area (Å²) in [5, 5.41) is 3.95. The average Bonchev–Trinajstić information content (AvgIpc) is 3.08. The van der Waals surface area contributed by atoms with Crippen LogP contribution < -0.4 is 5.43 Å². The van der Waals surface area contributed by atoms with Crippen LogP contribution in [0.5, 0.6) is 0 Å². The van der Waals surface area contributed by atoms with Crippen molar-refractivity contribution in [3.05, 3.63) is 35.9 Å². The number of halogens is 3. The van der Waals surface area contributed by atoms with Crippen LogP contribution in [0.3, 0.4) is 0 Å². The number of nitrogens with zero attached hydrogens (tertiary/aromatic N) is 1. The van der Waals surface area contributed by atoms with E-state index in [2.05, 4.69) is 10.5 Å². The van der Waals surface area contributed by atoms with E-state index in [1.165, 1.54) is 0 Å². The Morgan fingerprint density at radius 3 is 2.52 bits per heavy atom. The van der Waals surface area contributed by atoms with Crippen LogP contribution in [0.25, 0.3) is 0 Å². The van der Waals surface area contributed by atoms with E-state index < -0.39 is 12.1 Å². The predicted octanol–water partition coefficient (Wildman–Crippen LogP) is 3.56.